The zero-order valence-electron chi connectivity index (χ0n) is 11.8. The molecule has 1 aromatic rings. The maximum absolute atomic E-state index is 11.6. The molecule has 0 radical (unpaired) electrons. The monoisotopic (exact) mass is 265 g/mol. The summed E-state index contributed by atoms with van der Waals surface area (Å²) < 4.78 is 5.47. The molecule has 1 amide bonds. The average molecular weight is 265 g/mol. The predicted octanol–water partition coefficient (Wildman–Crippen LogP) is 1.10. The van der Waals surface area contributed by atoms with E-state index in [0.717, 1.165) is 0 Å². The summed E-state index contributed by atoms with van der Waals surface area (Å²) >= 11 is 0. The average Bonchev–Trinajstić information content (AvgIpc) is 2.38. The SMILES string of the molecule is CC(CNC(=O)CCOc1ccccc1N)N(C)C. The molecule has 0 aliphatic rings. The summed E-state index contributed by atoms with van der Waals surface area (Å²) in [5.74, 6) is 0.611. The van der Waals surface area contributed by atoms with Crippen LogP contribution in [-0.2, 0) is 4.79 Å². The van der Waals surface area contributed by atoms with Gasteiger partial charge in [-0.15, -0.1) is 0 Å². The van der Waals surface area contributed by atoms with Crippen molar-refractivity contribution >= 4 is 11.6 Å². The van der Waals surface area contributed by atoms with Gasteiger partial charge < -0.3 is 20.7 Å². The van der Waals surface area contributed by atoms with Crippen molar-refractivity contribution in [2.24, 2.45) is 0 Å². The van der Waals surface area contributed by atoms with Gasteiger partial charge in [-0.05, 0) is 33.2 Å². The molecule has 0 saturated carbocycles. The first-order chi connectivity index (χ1) is 9.00. The molecule has 1 atom stereocenters. The number of amides is 1. The molecule has 0 spiro atoms. The Kier molecular flexibility index (Phi) is 6.15. The Morgan fingerprint density at radius 2 is 2.11 bits per heavy atom. The molecule has 0 fully saturated rings. The first kappa shape index (κ1) is 15.3. The number of carbonyl (C=O) groups excluding carboxylic acids is 1. The van der Waals surface area contributed by atoms with Crippen LogP contribution in [0.25, 0.3) is 0 Å². The van der Waals surface area contributed by atoms with Gasteiger partial charge in [0.25, 0.3) is 0 Å². The van der Waals surface area contributed by atoms with E-state index in [1.165, 1.54) is 0 Å². The summed E-state index contributed by atoms with van der Waals surface area (Å²) in [7, 11) is 3.97. The number of nitrogens with one attached hydrogen (secondary N) is 1. The van der Waals surface area contributed by atoms with Crippen LogP contribution in [0.2, 0.25) is 0 Å². The molecule has 5 heteroatoms. The summed E-state index contributed by atoms with van der Waals surface area (Å²) in [5.41, 5.74) is 6.33. The molecule has 1 aromatic carbocycles. The van der Waals surface area contributed by atoms with Gasteiger partial charge in [0.05, 0.1) is 18.7 Å². The number of carbonyl (C=O) groups is 1. The fourth-order valence-corrected chi connectivity index (χ4v) is 1.40. The van der Waals surface area contributed by atoms with E-state index >= 15 is 0 Å². The highest BCUT2D eigenvalue weighted by Crippen LogP contribution is 2.19. The molecular formula is C14H23N3O2. The molecule has 0 heterocycles. The van der Waals surface area contributed by atoms with E-state index in [1.54, 1.807) is 12.1 Å². The minimum Gasteiger partial charge on any atom is -0.491 e. The van der Waals surface area contributed by atoms with Crippen molar-refractivity contribution in [3.05, 3.63) is 24.3 Å². The van der Waals surface area contributed by atoms with Crippen LogP contribution in [0.3, 0.4) is 0 Å². The van der Waals surface area contributed by atoms with Crippen LogP contribution in [0.5, 0.6) is 5.75 Å². The second-order valence-corrected chi connectivity index (χ2v) is 4.75. The summed E-state index contributed by atoms with van der Waals surface area (Å²) in [6, 6.07) is 7.58. The maximum atomic E-state index is 11.6. The Hall–Kier alpha value is -1.75. The third-order valence-electron chi connectivity index (χ3n) is 2.98. The van der Waals surface area contributed by atoms with Crippen LogP contribution in [-0.4, -0.2) is 44.1 Å². The van der Waals surface area contributed by atoms with E-state index in [0.29, 0.717) is 37.1 Å². The van der Waals surface area contributed by atoms with Gasteiger partial charge in [-0.3, -0.25) is 4.79 Å². The van der Waals surface area contributed by atoms with Crippen molar-refractivity contribution in [2.75, 3.05) is 33.0 Å². The zero-order chi connectivity index (χ0) is 14.3. The minimum atomic E-state index is -0.0109. The fraction of sp³-hybridized carbons (Fsp3) is 0.500. The third kappa shape index (κ3) is 5.61. The summed E-state index contributed by atoms with van der Waals surface area (Å²) in [4.78, 5) is 13.7. The second-order valence-electron chi connectivity index (χ2n) is 4.75. The molecule has 0 aliphatic carbocycles. The maximum Gasteiger partial charge on any atom is 0.223 e. The predicted molar refractivity (Wildman–Crippen MR) is 77.1 cm³/mol. The van der Waals surface area contributed by atoms with Crippen molar-refractivity contribution in [1.82, 2.24) is 10.2 Å². The van der Waals surface area contributed by atoms with E-state index in [2.05, 4.69) is 17.1 Å². The van der Waals surface area contributed by atoms with Gasteiger partial charge >= 0.3 is 0 Å². The quantitative estimate of drug-likeness (QED) is 0.725. The highest BCUT2D eigenvalue weighted by atomic mass is 16.5. The number of hydrogen-bond donors (Lipinski definition) is 2. The number of likely N-dealkylation sites (N-methyl/N-ethyl adjacent to an activating group) is 1. The summed E-state index contributed by atoms with van der Waals surface area (Å²) in [5, 5.41) is 2.87. The smallest absolute Gasteiger partial charge is 0.223 e. The lowest BCUT2D eigenvalue weighted by atomic mass is 10.3. The first-order valence-electron chi connectivity index (χ1n) is 6.41. The lowest BCUT2D eigenvalue weighted by Gasteiger charge is -2.19. The van der Waals surface area contributed by atoms with Gasteiger partial charge in [0.2, 0.25) is 5.91 Å². The molecule has 1 rings (SSSR count). The van der Waals surface area contributed by atoms with Crippen LogP contribution >= 0.6 is 0 Å². The van der Waals surface area contributed by atoms with Gasteiger partial charge in [-0.2, -0.15) is 0 Å². The van der Waals surface area contributed by atoms with Crippen LogP contribution in [0, 0.1) is 0 Å². The summed E-state index contributed by atoms with van der Waals surface area (Å²) in [6.45, 7) is 3.02. The molecule has 5 nitrogen and oxygen atoms in total. The van der Waals surface area contributed by atoms with Gasteiger partial charge in [-0.25, -0.2) is 0 Å². The molecule has 0 bridgehead atoms. The Morgan fingerprint density at radius 1 is 1.42 bits per heavy atom. The minimum absolute atomic E-state index is 0.0109. The van der Waals surface area contributed by atoms with Crippen molar-refractivity contribution in [3.8, 4) is 5.75 Å². The normalized spacial score (nSPS) is 12.2. The van der Waals surface area contributed by atoms with Gasteiger partial charge in [-0.1, -0.05) is 12.1 Å². The lowest BCUT2D eigenvalue weighted by Crippen LogP contribution is -2.38. The Balaban J connectivity index is 2.23. The second kappa shape index (κ2) is 7.63. The van der Waals surface area contributed by atoms with E-state index in [1.807, 2.05) is 26.2 Å². The molecule has 3 N–H and O–H groups in total. The van der Waals surface area contributed by atoms with E-state index < -0.39 is 0 Å². The van der Waals surface area contributed by atoms with Gasteiger partial charge in [0, 0.05) is 12.6 Å². The zero-order valence-corrected chi connectivity index (χ0v) is 11.8. The van der Waals surface area contributed by atoms with E-state index in [4.69, 9.17) is 10.5 Å². The topological polar surface area (TPSA) is 67.6 Å². The van der Waals surface area contributed by atoms with Crippen molar-refractivity contribution in [3.63, 3.8) is 0 Å². The Labute approximate surface area is 114 Å². The van der Waals surface area contributed by atoms with Crippen LogP contribution in [0.1, 0.15) is 13.3 Å². The third-order valence-corrected chi connectivity index (χ3v) is 2.98. The number of benzene rings is 1. The Morgan fingerprint density at radius 3 is 2.74 bits per heavy atom. The molecule has 0 saturated heterocycles. The van der Waals surface area contributed by atoms with Gasteiger partial charge in [0.1, 0.15) is 5.75 Å². The largest absolute Gasteiger partial charge is 0.491 e. The fourth-order valence-electron chi connectivity index (χ4n) is 1.40. The Bertz CT molecular complexity index is 407. The van der Waals surface area contributed by atoms with Crippen LogP contribution < -0.4 is 15.8 Å². The number of nitrogen functional groups attached to an aromatic ring is 1. The number of ether oxygens (including phenoxy) is 1. The van der Waals surface area contributed by atoms with Crippen molar-refractivity contribution in [1.29, 1.82) is 0 Å². The first-order valence-corrected chi connectivity index (χ1v) is 6.41. The van der Waals surface area contributed by atoms with Crippen LogP contribution in [0.4, 0.5) is 5.69 Å². The van der Waals surface area contributed by atoms with Crippen LogP contribution in [0.15, 0.2) is 24.3 Å². The van der Waals surface area contributed by atoms with Gasteiger partial charge in [0.15, 0.2) is 0 Å². The standard InChI is InChI=1S/C14H23N3O2/c1-11(17(2)3)10-16-14(18)8-9-19-13-7-5-4-6-12(13)15/h4-7,11H,8-10,15H2,1-3H3,(H,16,18). The lowest BCUT2D eigenvalue weighted by molar-refractivity contribution is -0.121. The highest BCUT2D eigenvalue weighted by Gasteiger charge is 2.07. The molecule has 1 unspecified atom stereocenters. The molecule has 0 aromatic heterocycles. The number of hydrogen-bond acceptors (Lipinski definition) is 4. The number of anilines is 1. The van der Waals surface area contributed by atoms with Crippen molar-refractivity contribution in [2.45, 2.75) is 19.4 Å². The number of nitrogens with zero attached hydrogens (tertiary/aromatic N) is 1. The number of nitrogens with two attached hydrogens (primary N) is 1. The van der Waals surface area contributed by atoms with E-state index in [9.17, 15) is 4.79 Å². The molecule has 19 heavy (non-hydrogen) atoms. The molecule has 106 valence electrons. The number of rotatable bonds is 7. The van der Waals surface area contributed by atoms with E-state index in [-0.39, 0.29) is 5.91 Å². The van der Waals surface area contributed by atoms with Crippen molar-refractivity contribution < 1.29 is 9.53 Å². The molecular weight excluding hydrogens is 242 g/mol. The highest BCUT2D eigenvalue weighted by molar-refractivity contribution is 5.76. The number of para-hydroxylation sites is 2. The molecule has 0 aliphatic heterocycles. The summed E-state index contributed by atoms with van der Waals surface area (Å²) in [6.07, 6.45) is 0.328.